The average molecular weight is 609 g/mol. The van der Waals surface area contributed by atoms with E-state index in [4.69, 9.17) is 15.2 Å². The molecule has 2 aliphatic rings. The molecule has 2 heterocycles. The molecule has 1 saturated heterocycles. The second kappa shape index (κ2) is 13.3. The molecule has 0 unspecified atom stereocenters. The van der Waals surface area contributed by atoms with Gasteiger partial charge in [0.15, 0.2) is 5.82 Å². The van der Waals surface area contributed by atoms with E-state index < -0.39 is 28.9 Å². The fourth-order valence-corrected chi connectivity index (χ4v) is 4.93. The van der Waals surface area contributed by atoms with Gasteiger partial charge in [0.25, 0.3) is 0 Å². The summed E-state index contributed by atoms with van der Waals surface area (Å²) in [6.45, 7) is 4.66. The van der Waals surface area contributed by atoms with Crippen molar-refractivity contribution in [2.24, 2.45) is 11.1 Å². The van der Waals surface area contributed by atoms with Gasteiger partial charge in [-0.15, -0.1) is 0 Å². The van der Waals surface area contributed by atoms with Crippen LogP contribution < -0.4 is 20.7 Å². The van der Waals surface area contributed by atoms with Crippen molar-refractivity contribution in [3.63, 3.8) is 0 Å². The molecule has 232 valence electrons. The molecule has 1 aliphatic carbocycles. The van der Waals surface area contributed by atoms with Crippen LogP contribution in [0.4, 0.5) is 30.8 Å². The van der Waals surface area contributed by atoms with Crippen molar-refractivity contribution in [2.45, 2.75) is 19.3 Å². The molecule has 2 aromatic carbocycles. The molecule has 0 bridgehead atoms. The smallest absolute Gasteiger partial charge is 0.322 e. The zero-order chi connectivity index (χ0) is 31.3. The van der Waals surface area contributed by atoms with Crippen molar-refractivity contribution >= 4 is 35.0 Å². The van der Waals surface area contributed by atoms with Crippen LogP contribution in [0.15, 0.2) is 60.8 Å². The number of primary amides is 1. The van der Waals surface area contributed by atoms with Crippen LogP contribution in [0.2, 0.25) is 0 Å². The first-order chi connectivity index (χ1) is 21.2. The minimum atomic E-state index is -1.44. The maximum atomic E-state index is 15.6. The molecule has 11 nitrogen and oxygen atoms in total. The summed E-state index contributed by atoms with van der Waals surface area (Å²) in [6, 6.07) is 11.5. The van der Waals surface area contributed by atoms with Gasteiger partial charge in [0.2, 0.25) is 11.8 Å². The van der Waals surface area contributed by atoms with Gasteiger partial charge in [-0.25, -0.2) is 18.6 Å². The first-order valence-corrected chi connectivity index (χ1v) is 14.3. The minimum Gasteiger partial charge on any atom is -0.457 e. The molecule has 3 aromatic rings. The number of pyridine rings is 1. The molecule has 1 aliphatic heterocycles. The number of benzene rings is 2. The molecule has 44 heavy (non-hydrogen) atoms. The third-order valence-corrected chi connectivity index (χ3v) is 7.70. The quantitative estimate of drug-likeness (QED) is 0.311. The maximum absolute atomic E-state index is 15.6. The van der Waals surface area contributed by atoms with E-state index in [0.29, 0.717) is 6.54 Å². The number of nitrogens with two attached hydrogens (primary N) is 1. The van der Waals surface area contributed by atoms with Gasteiger partial charge in [-0.1, -0.05) is 0 Å². The van der Waals surface area contributed by atoms with E-state index in [2.05, 4.69) is 15.2 Å². The number of ether oxygens (including phenoxy) is 2. The third kappa shape index (κ3) is 7.12. The summed E-state index contributed by atoms with van der Waals surface area (Å²) in [7, 11) is 1.70. The van der Waals surface area contributed by atoms with Crippen LogP contribution in [-0.4, -0.2) is 79.1 Å². The van der Waals surface area contributed by atoms with E-state index in [0.717, 1.165) is 62.4 Å². The Balaban J connectivity index is 1.25. The predicted octanol–water partition coefficient (Wildman–Crippen LogP) is 4.27. The highest BCUT2D eigenvalue weighted by molar-refractivity contribution is 6.16. The lowest BCUT2D eigenvalue weighted by Gasteiger charge is -2.27. The Bertz CT molecular complexity index is 1510. The Morgan fingerprint density at radius 2 is 1.75 bits per heavy atom. The minimum absolute atomic E-state index is 0.109. The standard InChI is InChI=1S/C31H34F2N6O5/c1-37(13-2-14-38-15-17-43-18-16-38)30(42)36-27-20-24(9-12-35-27)44-23-7-8-26(25(33)19-23)39(22-5-3-21(32)4-6-22)29(41)31(10-11-31)28(34)40/h3-9,12,19-20H,2,10-11,13-18H2,1H3,(H2,34,40)(H,35,36,42). The molecule has 0 atom stereocenters. The summed E-state index contributed by atoms with van der Waals surface area (Å²) < 4.78 is 40.3. The van der Waals surface area contributed by atoms with Crippen LogP contribution in [0.25, 0.3) is 0 Å². The molecule has 13 heteroatoms. The summed E-state index contributed by atoms with van der Waals surface area (Å²) in [6.07, 6.45) is 2.75. The highest BCUT2D eigenvalue weighted by Gasteiger charge is 2.57. The summed E-state index contributed by atoms with van der Waals surface area (Å²) in [5.74, 6) is -2.20. The number of halogens is 2. The normalized spacial score (nSPS) is 15.7. The number of amides is 4. The van der Waals surface area contributed by atoms with Crippen LogP contribution in [0, 0.1) is 17.0 Å². The number of urea groups is 1. The van der Waals surface area contributed by atoms with Crippen molar-refractivity contribution in [2.75, 3.05) is 56.7 Å². The van der Waals surface area contributed by atoms with E-state index >= 15 is 4.39 Å². The van der Waals surface area contributed by atoms with Gasteiger partial charge in [0, 0.05) is 57.2 Å². The lowest BCUT2D eigenvalue weighted by atomic mass is 10.0. The van der Waals surface area contributed by atoms with Crippen LogP contribution in [0.5, 0.6) is 11.5 Å². The summed E-state index contributed by atoms with van der Waals surface area (Å²) in [5, 5.41) is 2.74. The number of hydrogen-bond acceptors (Lipinski definition) is 7. The first kappa shape index (κ1) is 30.8. The molecule has 5 rings (SSSR count). The van der Waals surface area contributed by atoms with Gasteiger partial charge in [-0.05, 0) is 61.7 Å². The number of hydrogen-bond donors (Lipinski definition) is 2. The van der Waals surface area contributed by atoms with Crippen molar-refractivity contribution in [3.05, 3.63) is 72.4 Å². The number of rotatable bonds is 11. The monoisotopic (exact) mass is 608 g/mol. The number of nitrogens with zero attached hydrogens (tertiary/aromatic N) is 4. The molecule has 4 amide bonds. The van der Waals surface area contributed by atoms with Gasteiger partial charge >= 0.3 is 6.03 Å². The molecule has 0 spiro atoms. The Hall–Kier alpha value is -4.62. The second-order valence-electron chi connectivity index (χ2n) is 10.8. The Morgan fingerprint density at radius 1 is 1.05 bits per heavy atom. The lowest BCUT2D eigenvalue weighted by Crippen LogP contribution is -2.41. The van der Waals surface area contributed by atoms with Crippen LogP contribution >= 0.6 is 0 Å². The largest absolute Gasteiger partial charge is 0.457 e. The molecule has 2 fully saturated rings. The number of carbonyl (C=O) groups is 3. The highest BCUT2D eigenvalue weighted by Crippen LogP contribution is 2.49. The topological polar surface area (TPSA) is 130 Å². The number of nitrogens with one attached hydrogen (secondary N) is 1. The maximum Gasteiger partial charge on any atom is 0.322 e. The molecular formula is C31H34F2N6O5. The van der Waals surface area contributed by atoms with E-state index in [1.807, 2.05) is 0 Å². The van der Waals surface area contributed by atoms with Gasteiger partial charge < -0.3 is 20.1 Å². The molecule has 0 radical (unpaired) electrons. The number of aromatic nitrogens is 1. The molecule has 1 aromatic heterocycles. The van der Waals surface area contributed by atoms with Gasteiger partial charge in [0.1, 0.15) is 28.5 Å². The van der Waals surface area contributed by atoms with E-state index in [9.17, 15) is 18.8 Å². The number of anilines is 3. The van der Waals surface area contributed by atoms with Gasteiger partial charge in [-0.3, -0.25) is 24.7 Å². The van der Waals surface area contributed by atoms with Crippen LogP contribution in [0.1, 0.15) is 19.3 Å². The summed E-state index contributed by atoms with van der Waals surface area (Å²) in [5.41, 5.74) is 4.09. The van der Waals surface area contributed by atoms with E-state index in [1.54, 1.807) is 18.0 Å². The van der Waals surface area contributed by atoms with Crippen molar-refractivity contribution in [1.82, 2.24) is 14.8 Å². The first-order valence-electron chi connectivity index (χ1n) is 14.3. The Kier molecular flexibility index (Phi) is 9.35. The Labute approximate surface area is 253 Å². The SMILES string of the molecule is CN(CCCN1CCOCC1)C(=O)Nc1cc(Oc2ccc(N(C(=O)C3(C(N)=O)CC3)c3ccc(F)cc3)c(F)c2)ccn1. The molecule has 1 saturated carbocycles. The zero-order valence-corrected chi connectivity index (χ0v) is 24.3. The van der Waals surface area contributed by atoms with Crippen molar-refractivity contribution < 1.29 is 32.6 Å². The number of morpholine rings is 1. The lowest BCUT2D eigenvalue weighted by molar-refractivity contribution is -0.133. The average Bonchev–Trinajstić information content (AvgIpc) is 3.82. The van der Waals surface area contributed by atoms with Crippen LogP contribution in [0.3, 0.4) is 0 Å². The number of carbonyl (C=O) groups excluding carboxylic acids is 3. The van der Waals surface area contributed by atoms with E-state index in [1.165, 1.54) is 36.5 Å². The van der Waals surface area contributed by atoms with Crippen molar-refractivity contribution in [3.8, 4) is 11.5 Å². The van der Waals surface area contributed by atoms with Crippen LogP contribution in [-0.2, 0) is 14.3 Å². The van der Waals surface area contributed by atoms with Gasteiger partial charge in [-0.2, -0.15) is 0 Å². The fourth-order valence-electron chi connectivity index (χ4n) is 4.93. The fraction of sp³-hybridized carbons (Fsp3) is 0.355. The zero-order valence-electron chi connectivity index (χ0n) is 24.3. The molecular weight excluding hydrogens is 574 g/mol. The van der Waals surface area contributed by atoms with Crippen molar-refractivity contribution in [1.29, 1.82) is 0 Å². The van der Waals surface area contributed by atoms with Gasteiger partial charge in [0.05, 0.1) is 18.9 Å². The summed E-state index contributed by atoms with van der Waals surface area (Å²) in [4.78, 5) is 47.3. The second-order valence-corrected chi connectivity index (χ2v) is 10.8. The highest BCUT2D eigenvalue weighted by atomic mass is 19.1. The van der Waals surface area contributed by atoms with E-state index in [-0.39, 0.29) is 47.6 Å². The predicted molar refractivity (Wildman–Crippen MR) is 159 cm³/mol. The summed E-state index contributed by atoms with van der Waals surface area (Å²) >= 11 is 0. The molecule has 3 N–H and O–H groups in total. The third-order valence-electron chi connectivity index (χ3n) is 7.70. The Morgan fingerprint density at radius 3 is 2.41 bits per heavy atom.